The number of thiazole rings is 1. The van der Waals surface area contributed by atoms with Crippen LogP contribution in [0.25, 0.3) is 0 Å². The normalized spacial score (nSPS) is 13.9. The summed E-state index contributed by atoms with van der Waals surface area (Å²) in [7, 11) is 0. The van der Waals surface area contributed by atoms with Crippen LogP contribution in [0.1, 0.15) is 26.5 Å². The van der Waals surface area contributed by atoms with Crippen molar-refractivity contribution in [3.8, 4) is 0 Å². The number of halogens is 1. The summed E-state index contributed by atoms with van der Waals surface area (Å²) < 4.78 is 13.5. The van der Waals surface area contributed by atoms with Crippen LogP contribution in [0, 0.1) is 12.7 Å². The second-order valence-corrected chi connectivity index (χ2v) is 5.82. The third kappa shape index (κ3) is 2.57. The molecule has 2 aromatic rings. The minimum absolute atomic E-state index is 0.305. The fourth-order valence-electron chi connectivity index (χ4n) is 2.08. The average Bonchev–Trinajstić information content (AvgIpc) is 2.83. The van der Waals surface area contributed by atoms with Crippen molar-refractivity contribution in [2.45, 2.75) is 19.9 Å². The Hall–Kier alpha value is -1.79. The number of nitrogens with zero attached hydrogens (tertiary/aromatic N) is 1. The van der Waals surface area contributed by atoms with Gasteiger partial charge in [0.1, 0.15) is 5.82 Å². The van der Waals surface area contributed by atoms with Crippen molar-refractivity contribution in [2.75, 3.05) is 11.9 Å². The minimum atomic E-state index is -0.375. The van der Waals surface area contributed by atoms with Gasteiger partial charge in [0.15, 0.2) is 5.13 Å². The van der Waals surface area contributed by atoms with Crippen molar-refractivity contribution in [3.05, 3.63) is 45.7 Å². The van der Waals surface area contributed by atoms with Crippen molar-refractivity contribution >= 4 is 22.4 Å². The highest BCUT2D eigenvalue weighted by Gasteiger charge is 2.16. The lowest BCUT2D eigenvalue weighted by atomic mass is 10.1. The maximum absolute atomic E-state index is 13.5. The van der Waals surface area contributed by atoms with E-state index in [1.165, 1.54) is 17.4 Å². The van der Waals surface area contributed by atoms with Crippen LogP contribution in [-0.4, -0.2) is 17.4 Å². The third-order valence-electron chi connectivity index (χ3n) is 3.26. The number of aromatic nitrogens is 1. The molecule has 0 spiro atoms. The number of amides is 1. The van der Waals surface area contributed by atoms with Gasteiger partial charge in [-0.1, -0.05) is 6.07 Å². The number of benzene rings is 1. The fourth-order valence-corrected chi connectivity index (χ4v) is 3.06. The van der Waals surface area contributed by atoms with E-state index in [2.05, 4.69) is 15.6 Å². The van der Waals surface area contributed by atoms with Gasteiger partial charge in [0.2, 0.25) is 0 Å². The monoisotopic (exact) mass is 291 g/mol. The molecule has 1 aliphatic heterocycles. The summed E-state index contributed by atoms with van der Waals surface area (Å²) in [5.74, 6) is -0.705. The molecule has 0 aliphatic carbocycles. The van der Waals surface area contributed by atoms with E-state index in [1.54, 1.807) is 19.1 Å². The molecule has 0 radical (unpaired) electrons. The van der Waals surface area contributed by atoms with Crippen LogP contribution in [0.4, 0.5) is 9.52 Å². The Bertz CT molecular complexity index is 645. The smallest absolute Gasteiger partial charge is 0.257 e. The van der Waals surface area contributed by atoms with Gasteiger partial charge in [0.25, 0.3) is 5.91 Å². The Morgan fingerprint density at radius 2 is 2.35 bits per heavy atom. The molecule has 0 unspecified atom stereocenters. The van der Waals surface area contributed by atoms with Gasteiger partial charge in [0.05, 0.1) is 5.69 Å². The van der Waals surface area contributed by atoms with Crippen LogP contribution >= 0.6 is 11.3 Å². The SMILES string of the molecule is Cc1ccc(C(=O)Nc2nc3c(s2)CNCC3)cc1F. The van der Waals surface area contributed by atoms with E-state index < -0.39 is 0 Å². The van der Waals surface area contributed by atoms with E-state index in [0.717, 1.165) is 30.1 Å². The highest BCUT2D eigenvalue weighted by atomic mass is 32.1. The highest BCUT2D eigenvalue weighted by Crippen LogP contribution is 2.25. The molecule has 4 nitrogen and oxygen atoms in total. The Morgan fingerprint density at radius 3 is 3.10 bits per heavy atom. The number of nitrogens with one attached hydrogen (secondary N) is 2. The quantitative estimate of drug-likeness (QED) is 0.894. The molecule has 3 rings (SSSR count). The van der Waals surface area contributed by atoms with Crippen molar-refractivity contribution in [2.24, 2.45) is 0 Å². The van der Waals surface area contributed by atoms with Crippen LogP contribution in [0.15, 0.2) is 18.2 Å². The number of rotatable bonds is 2. The summed E-state index contributed by atoms with van der Waals surface area (Å²) >= 11 is 1.47. The van der Waals surface area contributed by atoms with Crippen molar-refractivity contribution in [3.63, 3.8) is 0 Å². The number of aryl methyl sites for hydroxylation is 1. The highest BCUT2D eigenvalue weighted by molar-refractivity contribution is 7.15. The lowest BCUT2D eigenvalue weighted by molar-refractivity contribution is 0.102. The molecule has 104 valence electrons. The molecule has 20 heavy (non-hydrogen) atoms. The largest absolute Gasteiger partial charge is 0.311 e. The van der Waals surface area contributed by atoms with Crippen molar-refractivity contribution < 1.29 is 9.18 Å². The number of anilines is 1. The van der Waals surface area contributed by atoms with Crippen LogP contribution < -0.4 is 10.6 Å². The zero-order valence-electron chi connectivity index (χ0n) is 11.0. The van der Waals surface area contributed by atoms with Crippen molar-refractivity contribution in [1.82, 2.24) is 10.3 Å². The van der Waals surface area contributed by atoms with Gasteiger partial charge in [-0.2, -0.15) is 0 Å². The second-order valence-electron chi connectivity index (χ2n) is 4.73. The number of hydrogen-bond acceptors (Lipinski definition) is 4. The zero-order valence-corrected chi connectivity index (χ0v) is 11.8. The maximum Gasteiger partial charge on any atom is 0.257 e. The molecule has 0 fully saturated rings. The molecule has 0 saturated heterocycles. The Labute approximate surface area is 120 Å². The van der Waals surface area contributed by atoms with Gasteiger partial charge >= 0.3 is 0 Å². The van der Waals surface area contributed by atoms with E-state index in [9.17, 15) is 9.18 Å². The minimum Gasteiger partial charge on any atom is -0.311 e. The molecule has 1 amide bonds. The maximum atomic E-state index is 13.5. The van der Waals surface area contributed by atoms with Gasteiger partial charge in [0, 0.05) is 30.0 Å². The van der Waals surface area contributed by atoms with Crippen LogP contribution in [0.3, 0.4) is 0 Å². The summed E-state index contributed by atoms with van der Waals surface area (Å²) in [5, 5.41) is 6.57. The summed E-state index contributed by atoms with van der Waals surface area (Å²) in [6, 6.07) is 4.46. The first-order chi connectivity index (χ1) is 9.63. The molecular formula is C14H14FN3OS. The van der Waals surface area contributed by atoms with Gasteiger partial charge in [-0.3, -0.25) is 10.1 Å². The molecule has 0 saturated carbocycles. The second kappa shape index (κ2) is 5.30. The predicted octanol–water partition coefficient (Wildman–Crippen LogP) is 2.49. The van der Waals surface area contributed by atoms with Crippen LogP contribution in [-0.2, 0) is 13.0 Å². The van der Waals surface area contributed by atoms with Crippen LogP contribution in [0.2, 0.25) is 0 Å². The first-order valence-electron chi connectivity index (χ1n) is 6.40. The summed E-state index contributed by atoms with van der Waals surface area (Å²) in [6.45, 7) is 3.37. The lowest BCUT2D eigenvalue weighted by Gasteiger charge is -2.09. The molecule has 2 heterocycles. The average molecular weight is 291 g/mol. The summed E-state index contributed by atoms with van der Waals surface area (Å²) in [4.78, 5) is 17.6. The zero-order chi connectivity index (χ0) is 14.1. The summed E-state index contributed by atoms with van der Waals surface area (Å²) in [5.41, 5.74) is 1.87. The Balaban J connectivity index is 1.78. The molecule has 2 N–H and O–H groups in total. The number of fused-ring (bicyclic) bond motifs is 1. The molecule has 0 bridgehead atoms. The van der Waals surface area contributed by atoms with Crippen molar-refractivity contribution in [1.29, 1.82) is 0 Å². The van der Waals surface area contributed by atoms with E-state index >= 15 is 0 Å². The van der Waals surface area contributed by atoms with Gasteiger partial charge in [-0.15, -0.1) is 11.3 Å². The van der Waals surface area contributed by atoms with Gasteiger partial charge in [-0.25, -0.2) is 9.37 Å². The van der Waals surface area contributed by atoms with E-state index in [1.807, 2.05) is 0 Å². The van der Waals surface area contributed by atoms with E-state index in [4.69, 9.17) is 0 Å². The van der Waals surface area contributed by atoms with E-state index in [-0.39, 0.29) is 11.7 Å². The molecule has 1 aliphatic rings. The molecule has 1 aromatic carbocycles. The summed E-state index contributed by atoms with van der Waals surface area (Å²) in [6.07, 6.45) is 0.876. The number of hydrogen-bond donors (Lipinski definition) is 2. The van der Waals surface area contributed by atoms with Gasteiger partial charge < -0.3 is 5.32 Å². The standard InChI is InChI=1S/C14H14FN3OS/c1-8-2-3-9(6-10(8)15)13(19)18-14-17-11-4-5-16-7-12(11)20-14/h2-3,6,16H,4-5,7H2,1H3,(H,17,18,19). The molecule has 0 atom stereocenters. The molecule has 6 heteroatoms. The Kier molecular flexibility index (Phi) is 3.50. The molecular weight excluding hydrogens is 277 g/mol. The van der Waals surface area contributed by atoms with Crippen LogP contribution in [0.5, 0.6) is 0 Å². The van der Waals surface area contributed by atoms with Gasteiger partial charge in [-0.05, 0) is 24.6 Å². The lowest BCUT2D eigenvalue weighted by Crippen LogP contribution is -2.22. The number of carbonyl (C=O) groups is 1. The first-order valence-corrected chi connectivity index (χ1v) is 7.22. The first kappa shape index (κ1) is 13.2. The molecule has 1 aromatic heterocycles. The van der Waals surface area contributed by atoms with E-state index in [0.29, 0.717) is 16.3 Å². The third-order valence-corrected chi connectivity index (χ3v) is 4.27. The Morgan fingerprint density at radius 1 is 1.50 bits per heavy atom. The number of carbonyl (C=O) groups excluding carboxylic acids is 1. The topological polar surface area (TPSA) is 54.0 Å². The fraction of sp³-hybridized carbons (Fsp3) is 0.286. The predicted molar refractivity (Wildman–Crippen MR) is 76.6 cm³/mol.